The quantitative estimate of drug-likeness (QED) is 0.472. The molecule has 0 aliphatic rings. The lowest BCUT2D eigenvalue weighted by Gasteiger charge is -2.12. The first-order chi connectivity index (χ1) is 12.8. The van der Waals surface area contributed by atoms with Gasteiger partial charge in [0.1, 0.15) is 0 Å². The van der Waals surface area contributed by atoms with Crippen molar-refractivity contribution in [3.63, 3.8) is 0 Å². The Morgan fingerprint density at radius 3 is 2.33 bits per heavy atom. The third kappa shape index (κ3) is 7.58. The molecule has 0 aliphatic heterocycles. The Balaban J connectivity index is 1.83. The molecule has 3 N–H and O–H groups in total. The average molecular weight is 422 g/mol. The van der Waals surface area contributed by atoms with E-state index in [-0.39, 0.29) is 28.6 Å². The summed E-state index contributed by atoms with van der Waals surface area (Å²) in [7, 11) is 0. The van der Waals surface area contributed by atoms with E-state index < -0.39 is 0 Å². The predicted molar refractivity (Wildman–Crippen MR) is 116 cm³/mol. The summed E-state index contributed by atoms with van der Waals surface area (Å²) in [5.41, 5.74) is 1.33. The van der Waals surface area contributed by atoms with Crippen molar-refractivity contribution >= 4 is 63.9 Å². The highest BCUT2D eigenvalue weighted by Gasteiger charge is 2.09. The molecule has 0 unspecified atom stereocenters. The molecule has 0 aliphatic carbocycles. The maximum absolute atomic E-state index is 12.0. The minimum atomic E-state index is -0.211. The summed E-state index contributed by atoms with van der Waals surface area (Å²) in [4.78, 5) is 24.7. The fourth-order valence-electron chi connectivity index (χ4n) is 1.97. The molecule has 2 rings (SSSR count). The molecule has 8 heteroatoms. The fraction of sp³-hybridized carbons (Fsp3) is 0.211. The molecule has 5 nitrogen and oxygen atoms in total. The fourth-order valence-corrected chi connectivity index (χ4v) is 3.02. The summed E-state index contributed by atoms with van der Waals surface area (Å²) < 4.78 is 0. The van der Waals surface area contributed by atoms with E-state index in [0.717, 1.165) is 4.90 Å². The van der Waals surface area contributed by atoms with E-state index >= 15 is 0 Å². The Morgan fingerprint density at radius 2 is 1.70 bits per heavy atom. The minimum absolute atomic E-state index is 0.0674. The van der Waals surface area contributed by atoms with Crippen LogP contribution in [0.15, 0.2) is 53.4 Å². The molecule has 0 radical (unpaired) electrons. The van der Waals surface area contributed by atoms with Crippen LogP contribution in [-0.4, -0.2) is 22.7 Å². The maximum atomic E-state index is 12.0. The Bertz CT molecular complexity index is 826. The largest absolute Gasteiger partial charge is 0.332 e. The van der Waals surface area contributed by atoms with E-state index in [4.69, 9.17) is 23.8 Å². The predicted octanol–water partition coefficient (Wildman–Crippen LogP) is 4.54. The normalized spacial score (nSPS) is 10.4. The van der Waals surface area contributed by atoms with Crippen molar-refractivity contribution < 1.29 is 9.59 Å². The third-order valence-corrected chi connectivity index (χ3v) is 4.82. The van der Waals surface area contributed by atoms with Crippen LogP contribution in [0.3, 0.4) is 0 Å². The van der Waals surface area contributed by atoms with E-state index in [1.807, 2.05) is 26.0 Å². The number of rotatable bonds is 6. The summed E-state index contributed by atoms with van der Waals surface area (Å²) in [5, 5.41) is 9.25. The van der Waals surface area contributed by atoms with Crippen LogP contribution in [0, 0.1) is 5.92 Å². The molecular weight excluding hydrogens is 402 g/mol. The van der Waals surface area contributed by atoms with Crippen molar-refractivity contribution in [2.24, 2.45) is 5.92 Å². The maximum Gasteiger partial charge on any atom is 0.236 e. The number of thiocarbonyl (C=S) groups is 1. The van der Waals surface area contributed by atoms with Crippen LogP contribution in [0.1, 0.15) is 13.8 Å². The lowest BCUT2D eigenvalue weighted by atomic mass is 10.2. The van der Waals surface area contributed by atoms with Gasteiger partial charge in [-0.25, -0.2) is 0 Å². The smallest absolute Gasteiger partial charge is 0.236 e. The van der Waals surface area contributed by atoms with Crippen molar-refractivity contribution in [3.05, 3.63) is 53.6 Å². The van der Waals surface area contributed by atoms with E-state index in [2.05, 4.69) is 16.0 Å². The standard InChI is InChI=1S/C19H20ClN3O2S2/c1-12(2)18(25)21-14-4-3-5-15(10-14)22-19(26)23-17(24)11-27-16-8-6-13(20)7-9-16/h3-10,12H,11H2,1-2H3,(H,21,25)(H2,22,23,24,26). The number of carbonyl (C=O) groups is 2. The summed E-state index contributed by atoms with van der Waals surface area (Å²) in [6, 6.07) is 14.4. The first kappa shape index (κ1) is 21.2. The molecular formula is C19H20ClN3O2S2. The van der Waals surface area contributed by atoms with Crippen LogP contribution in [0.4, 0.5) is 11.4 Å². The van der Waals surface area contributed by atoms with Crippen LogP contribution < -0.4 is 16.0 Å². The highest BCUT2D eigenvalue weighted by molar-refractivity contribution is 8.00. The monoisotopic (exact) mass is 421 g/mol. The van der Waals surface area contributed by atoms with Crippen molar-refractivity contribution in [2.45, 2.75) is 18.7 Å². The van der Waals surface area contributed by atoms with E-state index in [9.17, 15) is 9.59 Å². The van der Waals surface area contributed by atoms with Gasteiger partial charge in [0, 0.05) is 27.2 Å². The van der Waals surface area contributed by atoms with E-state index in [0.29, 0.717) is 16.4 Å². The molecule has 2 aromatic carbocycles. The SMILES string of the molecule is CC(C)C(=O)Nc1cccc(NC(=S)NC(=O)CSc2ccc(Cl)cc2)c1. The van der Waals surface area contributed by atoms with Crippen molar-refractivity contribution in [1.29, 1.82) is 0 Å². The highest BCUT2D eigenvalue weighted by Crippen LogP contribution is 2.20. The number of hydrogen-bond acceptors (Lipinski definition) is 4. The Kier molecular flexibility index (Phi) is 8.09. The number of hydrogen-bond donors (Lipinski definition) is 3. The second-order valence-corrected chi connectivity index (χ2v) is 7.86. The molecule has 0 bridgehead atoms. The zero-order valence-corrected chi connectivity index (χ0v) is 17.3. The molecule has 2 aromatic rings. The Hall–Kier alpha value is -2.09. The van der Waals surface area contributed by atoms with Crippen molar-refractivity contribution in [1.82, 2.24) is 5.32 Å². The van der Waals surface area contributed by atoms with Gasteiger partial charge in [-0.1, -0.05) is 31.5 Å². The van der Waals surface area contributed by atoms with Gasteiger partial charge in [0.2, 0.25) is 11.8 Å². The van der Waals surface area contributed by atoms with Crippen LogP contribution in [-0.2, 0) is 9.59 Å². The molecule has 0 aromatic heterocycles. The number of benzene rings is 2. The number of halogens is 1. The molecule has 0 saturated carbocycles. The van der Waals surface area contributed by atoms with Crippen LogP contribution in [0.25, 0.3) is 0 Å². The molecule has 0 fully saturated rings. The van der Waals surface area contributed by atoms with Gasteiger partial charge >= 0.3 is 0 Å². The van der Waals surface area contributed by atoms with Gasteiger partial charge in [0.05, 0.1) is 5.75 Å². The molecule has 142 valence electrons. The van der Waals surface area contributed by atoms with Gasteiger partial charge < -0.3 is 16.0 Å². The van der Waals surface area contributed by atoms with Crippen LogP contribution >= 0.6 is 35.6 Å². The Labute approximate surface area is 173 Å². The highest BCUT2D eigenvalue weighted by atomic mass is 35.5. The number of thioether (sulfide) groups is 1. The van der Waals surface area contributed by atoms with Crippen molar-refractivity contribution in [3.8, 4) is 0 Å². The summed E-state index contributed by atoms with van der Waals surface area (Å²) in [6.07, 6.45) is 0. The molecule has 0 spiro atoms. The topological polar surface area (TPSA) is 70.2 Å². The van der Waals surface area contributed by atoms with Gasteiger partial charge in [0.15, 0.2) is 5.11 Å². The lowest BCUT2D eigenvalue weighted by molar-refractivity contribution is -0.119. The number of carbonyl (C=O) groups excluding carboxylic acids is 2. The van der Waals surface area contributed by atoms with Crippen molar-refractivity contribution in [2.75, 3.05) is 16.4 Å². The van der Waals surface area contributed by atoms with Crippen LogP contribution in [0.2, 0.25) is 5.02 Å². The van der Waals surface area contributed by atoms with Crippen LogP contribution in [0.5, 0.6) is 0 Å². The summed E-state index contributed by atoms with van der Waals surface area (Å²) >= 11 is 12.4. The second kappa shape index (κ2) is 10.3. The first-order valence-electron chi connectivity index (χ1n) is 8.23. The van der Waals surface area contributed by atoms with Gasteiger partial charge in [0.25, 0.3) is 0 Å². The summed E-state index contributed by atoms with van der Waals surface area (Å²) in [5.74, 6) is -0.160. The zero-order valence-electron chi connectivity index (χ0n) is 14.9. The average Bonchev–Trinajstić information content (AvgIpc) is 2.61. The minimum Gasteiger partial charge on any atom is -0.332 e. The molecule has 0 atom stereocenters. The lowest BCUT2D eigenvalue weighted by Crippen LogP contribution is -2.35. The first-order valence-corrected chi connectivity index (χ1v) is 10.0. The van der Waals surface area contributed by atoms with Gasteiger partial charge in [-0.05, 0) is 54.7 Å². The Morgan fingerprint density at radius 1 is 1.07 bits per heavy atom. The number of nitrogens with one attached hydrogen (secondary N) is 3. The second-order valence-electron chi connectivity index (χ2n) is 5.97. The molecule has 27 heavy (non-hydrogen) atoms. The van der Waals surface area contributed by atoms with Gasteiger partial charge in [-0.3, -0.25) is 9.59 Å². The van der Waals surface area contributed by atoms with E-state index in [1.165, 1.54) is 11.8 Å². The van der Waals surface area contributed by atoms with Gasteiger partial charge in [-0.2, -0.15) is 0 Å². The van der Waals surface area contributed by atoms with Gasteiger partial charge in [-0.15, -0.1) is 11.8 Å². The number of anilines is 2. The third-order valence-electron chi connectivity index (χ3n) is 3.35. The van der Waals surface area contributed by atoms with E-state index in [1.54, 1.807) is 36.4 Å². The number of amides is 2. The summed E-state index contributed by atoms with van der Waals surface area (Å²) in [6.45, 7) is 3.65. The molecule has 0 heterocycles. The molecule has 0 saturated heterocycles. The zero-order chi connectivity index (χ0) is 19.8. The molecule has 2 amide bonds.